The summed E-state index contributed by atoms with van der Waals surface area (Å²) in [5.74, 6) is -0.988. The first-order valence-corrected chi connectivity index (χ1v) is 11.5. The van der Waals surface area contributed by atoms with Crippen LogP contribution in [-0.4, -0.2) is 24.3 Å². The summed E-state index contributed by atoms with van der Waals surface area (Å²) in [4.78, 5) is 38.0. The first-order chi connectivity index (χ1) is 17.5. The minimum atomic E-state index is -0.353. The topological polar surface area (TPSA) is 99.3 Å². The third kappa shape index (κ3) is 6.49. The number of rotatable bonds is 8. The molecule has 36 heavy (non-hydrogen) atoms. The summed E-state index contributed by atoms with van der Waals surface area (Å²) in [5, 5.41) is 12.0. The second-order valence-electron chi connectivity index (χ2n) is 7.77. The monoisotopic (exact) mass is 498 g/mol. The summed E-state index contributed by atoms with van der Waals surface area (Å²) in [6.07, 6.45) is 0. The molecule has 4 aromatic carbocycles. The summed E-state index contributed by atoms with van der Waals surface area (Å²) >= 11 is 5.89. The van der Waals surface area contributed by atoms with Crippen molar-refractivity contribution < 1.29 is 14.4 Å². The second kappa shape index (κ2) is 11.7. The Labute approximate surface area is 213 Å². The number of anilines is 4. The molecule has 4 N–H and O–H groups in total. The molecule has 0 atom stereocenters. The number of carbonyl (C=O) groups is 3. The Hall–Kier alpha value is -4.62. The molecule has 0 aliphatic carbocycles. The van der Waals surface area contributed by atoms with Crippen molar-refractivity contribution in [2.45, 2.75) is 0 Å². The van der Waals surface area contributed by atoms with Gasteiger partial charge in [0, 0.05) is 16.3 Å². The van der Waals surface area contributed by atoms with Gasteiger partial charge < -0.3 is 21.3 Å². The van der Waals surface area contributed by atoms with Crippen LogP contribution in [0, 0.1) is 0 Å². The first-order valence-electron chi connectivity index (χ1n) is 11.1. The maximum absolute atomic E-state index is 12.8. The van der Waals surface area contributed by atoms with E-state index < -0.39 is 0 Å². The zero-order valence-corrected chi connectivity index (χ0v) is 19.9. The molecule has 4 aromatic rings. The molecule has 0 spiro atoms. The van der Waals surface area contributed by atoms with Crippen molar-refractivity contribution in [3.05, 3.63) is 119 Å². The normalized spacial score (nSPS) is 10.2. The van der Waals surface area contributed by atoms with Gasteiger partial charge in [-0.25, -0.2) is 0 Å². The van der Waals surface area contributed by atoms with Crippen molar-refractivity contribution in [3.63, 3.8) is 0 Å². The number of halogens is 1. The van der Waals surface area contributed by atoms with Crippen LogP contribution < -0.4 is 21.3 Å². The lowest BCUT2D eigenvalue weighted by Gasteiger charge is -2.14. The number of hydrogen-bond acceptors (Lipinski definition) is 4. The highest BCUT2D eigenvalue weighted by molar-refractivity contribution is 6.30. The number of nitrogens with one attached hydrogen (secondary N) is 4. The van der Waals surface area contributed by atoms with Crippen LogP contribution in [0.1, 0.15) is 20.7 Å². The Bertz CT molecular complexity index is 1380. The van der Waals surface area contributed by atoms with E-state index in [1.165, 1.54) is 0 Å². The minimum Gasteiger partial charge on any atom is -0.374 e. The predicted molar refractivity (Wildman–Crippen MR) is 144 cm³/mol. The number of benzene rings is 4. The molecule has 0 aliphatic heterocycles. The van der Waals surface area contributed by atoms with Gasteiger partial charge in [0.1, 0.15) is 0 Å². The van der Waals surface area contributed by atoms with Crippen molar-refractivity contribution >= 4 is 52.1 Å². The van der Waals surface area contributed by atoms with Gasteiger partial charge in [0.15, 0.2) is 0 Å². The molecule has 7 nitrogen and oxygen atoms in total. The highest BCUT2D eigenvalue weighted by Gasteiger charge is 2.14. The van der Waals surface area contributed by atoms with Crippen LogP contribution >= 0.6 is 11.6 Å². The van der Waals surface area contributed by atoms with E-state index in [2.05, 4.69) is 21.3 Å². The van der Waals surface area contributed by atoms with Crippen molar-refractivity contribution in [2.24, 2.45) is 0 Å². The molecule has 0 heterocycles. The van der Waals surface area contributed by atoms with Crippen LogP contribution in [0.25, 0.3) is 0 Å². The van der Waals surface area contributed by atoms with Crippen molar-refractivity contribution in [3.8, 4) is 0 Å². The van der Waals surface area contributed by atoms with E-state index >= 15 is 0 Å². The van der Waals surface area contributed by atoms with Gasteiger partial charge in [-0.1, -0.05) is 54.1 Å². The van der Waals surface area contributed by atoms with E-state index in [0.717, 1.165) is 0 Å². The van der Waals surface area contributed by atoms with Gasteiger partial charge in [-0.2, -0.15) is 0 Å². The van der Waals surface area contributed by atoms with Gasteiger partial charge in [0.25, 0.3) is 11.8 Å². The summed E-state index contributed by atoms with van der Waals surface area (Å²) in [6, 6.07) is 29.5. The van der Waals surface area contributed by atoms with Gasteiger partial charge in [-0.3, -0.25) is 14.4 Å². The zero-order valence-electron chi connectivity index (χ0n) is 19.1. The Morgan fingerprint density at radius 2 is 1.19 bits per heavy atom. The van der Waals surface area contributed by atoms with Crippen molar-refractivity contribution in [1.82, 2.24) is 0 Å². The van der Waals surface area contributed by atoms with E-state index in [9.17, 15) is 14.4 Å². The molecule has 0 bridgehead atoms. The molecule has 4 rings (SSSR count). The predicted octanol–water partition coefficient (Wildman–Crippen LogP) is 5.90. The third-order valence-electron chi connectivity index (χ3n) is 5.20. The highest BCUT2D eigenvalue weighted by atomic mass is 35.5. The fourth-order valence-corrected chi connectivity index (χ4v) is 3.55. The van der Waals surface area contributed by atoms with Crippen LogP contribution in [0.3, 0.4) is 0 Å². The lowest BCUT2D eigenvalue weighted by atomic mass is 10.1. The first kappa shape index (κ1) is 24.5. The SMILES string of the molecule is O=C(CNc1ccccc1NC(=O)c1ccc(Cl)cc1)Nc1ccccc1C(=O)Nc1ccccc1. The summed E-state index contributed by atoms with van der Waals surface area (Å²) in [6.45, 7) is -0.0809. The van der Waals surface area contributed by atoms with Crippen LogP contribution in [0.4, 0.5) is 22.7 Å². The highest BCUT2D eigenvalue weighted by Crippen LogP contribution is 2.22. The summed E-state index contributed by atoms with van der Waals surface area (Å²) < 4.78 is 0. The second-order valence-corrected chi connectivity index (χ2v) is 8.21. The van der Waals surface area contributed by atoms with E-state index in [1.807, 2.05) is 18.2 Å². The van der Waals surface area contributed by atoms with Gasteiger partial charge >= 0.3 is 0 Å². The lowest BCUT2D eigenvalue weighted by Crippen LogP contribution is -2.24. The largest absolute Gasteiger partial charge is 0.374 e. The Kier molecular flexibility index (Phi) is 7.95. The number of amides is 3. The maximum Gasteiger partial charge on any atom is 0.257 e. The molecular formula is C28H23ClN4O3. The van der Waals surface area contributed by atoms with Gasteiger partial charge in [-0.05, 0) is 60.7 Å². The van der Waals surface area contributed by atoms with E-state index in [4.69, 9.17) is 11.6 Å². The van der Waals surface area contributed by atoms with E-state index in [0.29, 0.717) is 38.9 Å². The van der Waals surface area contributed by atoms with Gasteiger partial charge in [0.2, 0.25) is 5.91 Å². The maximum atomic E-state index is 12.8. The average molecular weight is 499 g/mol. The van der Waals surface area contributed by atoms with E-state index in [1.54, 1.807) is 84.9 Å². The number of para-hydroxylation sites is 4. The minimum absolute atomic E-state index is 0.0809. The molecule has 0 aliphatic rings. The molecule has 0 fully saturated rings. The van der Waals surface area contributed by atoms with E-state index in [-0.39, 0.29) is 24.3 Å². The average Bonchev–Trinajstić information content (AvgIpc) is 2.89. The third-order valence-corrected chi connectivity index (χ3v) is 5.45. The van der Waals surface area contributed by atoms with Crippen LogP contribution in [-0.2, 0) is 4.79 Å². The summed E-state index contributed by atoms with van der Waals surface area (Å²) in [7, 11) is 0. The molecule has 0 unspecified atom stereocenters. The molecule has 180 valence electrons. The van der Waals surface area contributed by atoms with Gasteiger partial charge in [0.05, 0.1) is 29.2 Å². The number of carbonyl (C=O) groups excluding carboxylic acids is 3. The molecular weight excluding hydrogens is 476 g/mol. The number of hydrogen-bond donors (Lipinski definition) is 4. The molecule has 0 aromatic heterocycles. The fraction of sp³-hybridized carbons (Fsp3) is 0.0357. The molecule has 0 saturated heterocycles. The zero-order chi connectivity index (χ0) is 25.3. The van der Waals surface area contributed by atoms with Crippen molar-refractivity contribution in [2.75, 3.05) is 27.8 Å². The molecule has 3 amide bonds. The molecule has 8 heteroatoms. The standard InChI is InChI=1S/C28H23ClN4O3/c29-20-16-14-19(15-17-20)27(35)33-25-13-7-6-12-24(25)30-18-26(34)32-23-11-5-4-10-22(23)28(36)31-21-8-2-1-3-9-21/h1-17,30H,18H2,(H,31,36)(H,32,34)(H,33,35). The van der Waals surface area contributed by atoms with Crippen LogP contribution in [0.2, 0.25) is 5.02 Å². The Balaban J connectivity index is 1.39. The smallest absolute Gasteiger partial charge is 0.257 e. The lowest BCUT2D eigenvalue weighted by molar-refractivity contribution is -0.114. The van der Waals surface area contributed by atoms with Crippen LogP contribution in [0.5, 0.6) is 0 Å². The molecule has 0 radical (unpaired) electrons. The Morgan fingerprint density at radius 3 is 1.92 bits per heavy atom. The van der Waals surface area contributed by atoms with Gasteiger partial charge in [-0.15, -0.1) is 0 Å². The van der Waals surface area contributed by atoms with Crippen LogP contribution in [0.15, 0.2) is 103 Å². The summed E-state index contributed by atoms with van der Waals surface area (Å²) in [5.41, 5.74) is 2.94. The fourth-order valence-electron chi connectivity index (χ4n) is 3.42. The molecule has 0 saturated carbocycles. The quantitative estimate of drug-likeness (QED) is 0.243. The Morgan fingerprint density at radius 1 is 0.583 bits per heavy atom. The van der Waals surface area contributed by atoms with Crippen molar-refractivity contribution in [1.29, 1.82) is 0 Å².